The zero-order valence-corrected chi connectivity index (χ0v) is 13.1. The number of benzene rings is 1. The van der Waals surface area contributed by atoms with Crippen LogP contribution in [0.4, 0.5) is 39.5 Å². The van der Waals surface area contributed by atoms with Crippen molar-refractivity contribution in [3.63, 3.8) is 0 Å². The van der Waals surface area contributed by atoms with Gasteiger partial charge in [0.1, 0.15) is 0 Å². The van der Waals surface area contributed by atoms with Gasteiger partial charge in [0.15, 0.2) is 0 Å². The van der Waals surface area contributed by atoms with Gasteiger partial charge in [-0.25, -0.2) is 4.39 Å². The quantitative estimate of drug-likeness (QED) is 0.563. The lowest BCUT2D eigenvalue weighted by atomic mass is 9.80. The van der Waals surface area contributed by atoms with Crippen LogP contribution in [0.1, 0.15) is 16.7 Å². The largest absolute Gasteiger partial charge is 0.472 e. The van der Waals surface area contributed by atoms with Crippen LogP contribution in [0.2, 0.25) is 0 Å². The molecule has 0 fully saturated rings. The molecule has 2 aromatic rings. The molecule has 2 rings (SSSR count). The Hall–Kier alpha value is -2.13. The highest BCUT2D eigenvalue weighted by Crippen LogP contribution is 2.60. The summed E-state index contributed by atoms with van der Waals surface area (Å²) in [5, 5.41) is 0. The molecule has 0 saturated carbocycles. The van der Waals surface area contributed by atoms with Crippen molar-refractivity contribution in [2.24, 2.45) is 0 Å². The van der Waals surface area contributed by atoms with E-state index in [0.717, 1.165) is 32.4 Å². The summed E-state index contributed by atoms with van der Waals surface area (Å²) < 4.78 is 125. The molecule has 0 aliphatic carbocycles. The molecule has 1 atom stereocenters. The van der Waals surface area contributed by atoms with Gasteiger partial charge in [-0.15, -0.1) is 0 Å². The van der Waals surface area contributed by atoms with E-state index in [9.17, 15) is 39.5 Å². The normalized spacial score (nSPS) is 15.8. The lowest BCUT2D eigenvalue weighted by molar-refractivity contribution is -0.389. The van der Waals surface area contributed by atoms with Gasteiger partial charge in [0.2, 0.25) is 0 Å². The highest BCUT2D eigenvalue weighted by atomic mass is 19.4. The molecule has 0 saturated heterocycles. The first-order valence-corrected chi connectivity index (χ1v) is 6.91. The van der Waals surface area contributed by atoms with Crippen LogP contribution in [0, 0.1) is 19.9 Å². The number of hydrogen-bond donors (Lipinski definition) is 0. The Morgan fingerprint density at radius 3 is 1.88 bits per heavy atom. The van der Waals surface area contributed by atoms with E-state index >= 15 is 0 Å². The van der Waals surface area contributed by atoms with Crippen molar-refractivity contribution < 1.29 is 43.9 Å². The molecule has 10 heteroatoms. The highest BCUT2D eigenvalue weighted by Gasteiger charge is 2.82. The Morgan fingerprint density at radius 2 is 1.46 bits per heavy atom. The number of rotatable bonds is 3. The van der Waals surface area contributed by atoms with E-state index in [-0.39, 0.29) is 22.8 Å². The number of alkyl halides is 9. The van der Waals surface area contributed by atoms with Crippen molar-refractivity contribution in [1.82, 2.24) is 0 Å². The topological polar surface area (TPSA) is 13.1 Å². The van der Waals surface area contributed by atoms with E-state index in [1.807, 2.05) is 0 Å². The first-order chi connectivity index (χ1) is 11.6. The molecule has 143 valence electrons. The fraction of sp³-hybridized carbons (Fsp3) is 0.375. The number of halogens is 9. The van der Waals surface area contributed by atoms with Crippen LogP contribution in [0.3, 0.4) is 0 Å². The van der Waals surface area contributed by atoms with Crippen LogP contribution in [0.15, 0.2) is 29.1 Å². The molecule has 0 aliphatic heterocycles. The third-order valence-electron chi connectivity index (χ3n) is 3.75. The van der Waals surface area contributed by atoms with Crippen molar-refractivity contribution >= 4 is 0 Å². The number of aryl methyl sites for hydroxylation is 2. The number of hydrogen-bond acceptors (Lipinski definition) is 1. The van der Waals surface area contributed by atoms with E-state index in [1.165, 1.54) is 0 Å². The predicted octanol–water partition coefficient (Wildman–Crippen LogP) is 6.29. The van der Waals surface area contributed by atoms with Gasteiger partial charge in [0, 0.05) is 11.1 Å². The fourth-order valence-corrected chi connectivity index (χ4v) is 2.63. The van der Waals surface area contributed by atoms with Crippen LogP contribution >= 0.6 is 0 Å². The zero-order chi connectivity index (χ0) is 20.1. The van der Waals surface area contributed by atoms with Gasteiger partial charge in [-0.1, -0.05) is 6.07 Å². The maximum absolute atomic E-state index is 14.9. The van der Waals surface area contributed by atoms with Gasteiger partial charge in [0.25, 0.3) is 0 Å². The molecule has 0 aliphatic rings. The van der Waals surface area contributed by atoms with Crippen molar-refractivity contribution in [2.75, 3.05) is 0 Å². The highest BCUT2D eigenvalue weighted by molar-refractivity contribution is 5.72. The van der Waals surface area contributed by atoms with Crippen LogP contribution < -0.4 is 0 Å². The smallest absolute Gasteiger partial charge is 0.457 e. The second-order valence-corrected chi connectivity index (χ2v) is 5.61. The third kappa shape index (κ3) is 2.84. The van der Waals surface area contributed by atoms with Crippen LogP contribution in [0.5, 0.6) is 0 Å². The minimum absolute atomic E-state index is 0.242. The Bertz CT molecular complexity index is 787. The summed E-state index contributed by atoms with van der Waals surface area (Å²) in [7, 11) is 0. The summed E-state index contributed by atoms with van der Waals surface area (Å²) in [6.07, 6.45) is -11.6. The maximum atomic E-state index is 14.9. The monoisotopic (exact) mass is 389 g/mol. The number of furan rings is 1. The van der Waals surface area contributed by atoms with E-state index in [0.29, 0.717) is 0 Å². The van der Waals surface area contributed by atoms with E-state index in [2.05, 4.69) is 10.5 Å². The summed E-state index contributed by atoms with van der Waals surface area (Å²) >= 11 is 0. The zero-order valence-electron chi connectivity index (χ0n) is 13.1. The van der Waals surface area contributed by atoms with Gasteiger partial charge >= 0.3 is 23.9 Å². The molecule has 1 heterocycles. The van der Waals surface area contributed by atoms with Gasteiger partial charge in [-0.3, -0.25) is 0 Å². The van der Waals surface area contributed by atoms with Crippen molar-refractivity contribution in [3.05, 3.63) is 47.4 Å². The standard InChI is InChI=1S/C16H10F9O/c1-8-5-9(2)12(10-3-4-26-7-10)11(6-8)13(17,15(20,21)22)14(18,19)16(23,24)25/h3-4,6-7H,1-2H3. The molecule has 1 aromatic carbocycles. The molecular weight excluding hydrogens is 379 g/mol. The molecule has 0 spiro atoms. The van der Waals surface area contributed by atoms with Crippen molar-refractivity contribution in [1.29, 1.82) is 0 Å². The Balaban J connectivity index is 2.97. The molecule has 0 N–H and O–H groups in total. The van der Waals surface area contributed by atoms with E-state index in [1.54, 1.807) is 0 Å². The molecule has 26 heavy (non-hydrogen) atoms. The van der Waals surface area contributed by atoms with Crippen molar-refractivity contribution in [3.8, 4) is 11.1 Å². The molecular formula is C16H10F9O. The van der Waals surface area contributed by atoms with Gasteiger partial charge in [-0.05, 0) is 42.7 Å². The fourth-order valence-electron chi connectivity index (χ4n) is 2.63. The Morgan fingerprint density at radius 1 is 0.885 bits per heavy atom. The average molecular weight is 389 g/mol. The van der Waals surface area contributed by atoms with E-state index in [4.69, 9.17) is 0 Å². The molecule has 0 amide bonds. The van der Waals surface area contributed by atoms with Gasteiger partial charge in [0.05, 0.1) is 12.5 Å². The summed E-state index contributed by atoms with van der Waals surface area (Å²) in [5.74, 6) is -6.74. The molecule has 1 aromatic heterocycles. The molecule has 0 bridgehead atoms. The minimum Gasteiger partial charge on any atom is -0.472 e. The first kappa shape index (κ1) is 20.2. The summed E-state index contributed by atoms with van der Waals surface area (Å²) in [5.41, 5.74) is -9.46. The van der Waals surface area contributed by atoms with Gasteiger partial charge in [-0.2, -0.15) is 35.1 Å². The SMILES string of the molecule is Cc1[c]c(C)c(-c2ccoc2)c(C(F)(C(F)(F)F)C(F)(F)C(F)(F)F)c1. The summed E-state index contributed by atoms with van der Waals surface area (Å²) in [6, 6.07) is 3.77. The first-order valence-electron chi connectivity index (χ1n) is 6.91. The van der Waals surface area contributed by atoms with E-state index < -0.39 is 35.1 Å². The molecule has 1 radical (unpaired) electrons. The minimum atomic E-state index is -6.79. The van der Waals surface area contributed by atoms with Crippen LogP contribution in [0.25, 0.3) is 11.1 Å². The van der Waals surface area contributed by atoms with Crippen LogP contribution in [-0.4, -0.2) is 18.3 Å². The van der Waals surface area contributed by atoms with Crippen molar-refractivity contribution in [2.45, 2.75) is 37.8 Å². The second kappa shape index (κ2) is 5.95. The Labute approximate surface area is 141 Å². The summed E-state index contributed by atoms with van der Waals surface area (Å²) in [4.78, 5) is 0. The average Bonchev–Trinajstić information content (AvgIpc) is 2.96. The van der Waals surface area contributed by atoms with Crippen LogP contribution in [-0.2, 0) is 5.67 Å². The lowest BCUT2D eigenvalue weighted by Gasteiger charge is -2.37. The molecule has 1 nitrogen and oxygen atoms in total. The predicted molar refractivity (Wildman–Crippen MR) is 72.3 cm³/mol. The second-order valence-electron chi connectivity index (χ2n) is 5.61. The molecule has 1 unspecified atom stereocenters. The summed E-state index contributed by atoms with van der Waals surface area (Å²) in [6.45, 7) is 2.21. The Kier molecular flexibility index (Phi) is 4.62. The lowest BCUT2D eigenvalue weighted by Crippen LogP contribution is -2.60. The maximum Gasteiger partial charge on any atom is 0.457 e. The third-order valence-corrected chi connectivity index (χ3v) is 3.75. The van der Waals surface area contributed by atoms with Gasteiger partial charge < -0.3 is 4.42 Å².